The second-order valence-corrected chi connectivity index (χ2v) is 7.70. The molecule has 6 nitrogen and oxygen atoms in total. The molecule has 0 radical (unpaired) electrons. The summed E-state index contributed by atoms with van der Waals surface area (Å²) in [6, 6.07) is 6.87. The molecule has 0 spiro atoms. The molecule has 138 valence electrons. The fourth-order valence-corrected chi connectivity index (χ4v) is 4.24. The highest BCUT2D eigenvalue weighted by Crippen LogP contribution is 2.31. The van der Waals surface area contributed by atoms with Crippen LogP contribution in [0.15, 0.2) is 29.6 Å². The van der Waals surface area contributed by atoms with E-state index in [1.807, 2.05) is 18.4 Å². The largest absolute Gasteiger partial charge is 0.366 e. The van der Waals surface area contributed by atoms with Crippen molar-refractivity contribution in [1.82, 2.24) is 4.90 Å². The molecular formula is C19H23N3O3S. The predicted octanol–water partition coefficient (Wildman–Crippen LogP) is 4.23. The standard InChI is InChI=1S/C19H23N3O3S/c1-14-8-11-26-18(14)13-20(2)19(23)15-6-7-16(17(12-15)22(24)25)21-9-4-3-5-10-21/h6-8,11-12H,3-5,9-10,13H2,1-2H3. The zero-order valence-corrected chi connectivity index (χ0v) is 15.9. The Kier molecular flexibility index (Phi) is 5.56. The molecule has 1 aromatic heterocycles. The van der Waals surface area contributed by atoms with Crippen LogP contribution >= 0.6 is 11.3 Å². The first-order valence-electron chi connectivity index (χ1n) is 8.79. The van der Waals surface area contributed by atoms with Crippen molar-refractivity contribution in [3.63, 3.8) is 0 Å². The number of nitrogens with zero attached hydrogens (tertiary/aromatic N) is 3. The van der Waals surface area contributed by atoms with Gasteiger partial charge in [-0.25, -0.2) is 0 Å². The van der Waals surface area contributed by atoms with Crippen molar-refractivity contribution in [3.8, 4) is 0 Å². The number of nitro benzene ring substituents is 1. The second-order valence-electron chi connectivity index (χ2n) is 6.70. The molecule has 1 aliphatic rings. The van der Waals surface area contributed by atoms with Gasteiger partial charge in [-0.2, -0.15) is 0 Å². The van der Waals surface area contributed by atoms with E-state index >= 15 is 0 Å². The van der Waals surface area contributed by atoms with Crippen LogP contribution in [0.25, 0.3) is 0 Å². The van der Waals surface area contributed by atoms with Gasteiger partial charge < -0.3 is 9.80 Å². The molecule has 1 aromatic carbocycles. The number of thiophene rings is 1. The van der Waals surface area contributed by atoms with Crippen LogP contribution in [0, 0.1) is 17.0 Å². The summed E-state index contributed by atoms with van der Waals surface area (Å²) in [5, 5.41) is 13.6. The summed E-state index contributed by atoms with van der Waals surface area (Å²) in [4.78, 5) is 28.7. The number of piperidine rings is 1. The molecule has 1 fully saturated rings. The fourth-order valence-electron chi connectivity index (χ4n) is 3.28. The number of anilines is 1. The molecule has 1 amide bonds. The molecule has 0 saturated carbocycles. The summed E-state index contributed by atoms with van der Waals surface area (Å²) in [6.07, 6.45) is 3.25. The first-order valence-corrected chi connectivity index (χ1v) is 9.67. The van der Waals surface area contributed by atoms with Crippen LogP contribution < -0.4 is 4.90 Å². The van der Waals surface area contributed by atoms with E-state index in [-0.39, 0.29) is 16.5 Å². The molecule has 0 aliphatic carbocycles. The van der Waals surface area contributed by atoms with Crippen molar-refractivity contribution in [2.45, 2.75) is 32.7 Å². The number of hydrogen-bond donors (Lipinski definition) is 0. The highest BCUT2D eigenvalue weighted by Gasteiger charge is 2.24. The molecule has 1 aliphatic heterocycles. The minimum atomic E-state index is -0.385. The topological polar surface area (TPSA) is 66.7 Å². The van der Waals surface area contributed by atoms with Crippen LogP contribution in [0.1, 0.15) is 40.1 Å². The zero-order valence-electron chi connectivity index (χ0n) is 15.1. The van der Waals surface area contributed by atoms with E-state index in [0.29, 0.717) is 17.8 Å². The Morgan fingerprint density at radius 1 is 1.27 bits per heavy atom. The Bertz CT molecular complexity index is 812. The van der Waals surface area contributed by atoms with Gasteiger partial charge in [-0.05, 0) is 55.3 Å². The molecule has 0 unspecified atom stereocenters. The van der Waals surface area contributed by atoms with Gasteiger partial charge in [0.2, 0.25) is 0 Å². The van der Waals surface area contributed by atoms with E-state index in [2.05, 4.69) is 4.90 Å². The maximum Gasteiger partial charge on any atom is 0.293 e. The van der Waals surface area contributed by atoms with E-state index in [9.17, 15) is 14.9 Å². The molecule has 0 N–H and O–H groups in total. The van der Waals surface area contributed by atoms with Crippen LogP contribution in [0.3, 0.4) is 0 Å². The van der Waals surface area contributed by atoms with Crippen LogP contribution in [-0.2, 0) is 6.54 Å². The molecule has 0 bridgehead atoms. The summed E-state index contributed by atoms with van der Waals surface area (Å²) < 4.78 is 0. The van der Waals surface area contributed by atoms with Crippen molar-refractivity contribution >= 4 is 28.6 Å². The highest BCUT2D eigenvalue weighted by molar-refractivity contribution is 7.10. The smallest absolute Gasteiger partial charge is 0.293 e. The van der Waals surface area contributed by atoms with E-state index in [0.717, 1.165) is 42.8 Å². The molecule has 1 saturated heterocycles. The number of carbonyl (C=O) groups excluding carboxylic acids is 1. The molecule has 2 heterocycles. The second kappa shape index (κ2) is 7.86. The lowest BCUT2D eigenvalue weighted by molar-refractivity contribution is -0.384. The third-order valence-electron chi connectivity index (χ3n) is 4.81. The van der Waals surface area contributed by atoms with Gasteiger partial charge in [0.25, 0.3) is 11.6 Å². The van der Waals surface area contributed by atoms with Gasteiger partial charge in [-0.15, -0.1) is 11.3 Å². The summed E-state index contributed by atoms with van der Waals surface area (Å²) in [5.74, 6) is -0.203. The van der Waals surface area contributed by atoms with Gasteiger partial charge in [0, 0.05) is 36.6 Å². The number of benzene rings is 1. The first-order chi connectivity index (χ1) is 12.5. The summed E-state index contributed by atoms with van der Waals surface area (Å²) in [7, 11) is 1.73. The fraction of sp³-hybridized carbons (Fsp3) is 0.421. The minimum Gasteiger partial charge on any atom is -0.366 e. The lowest BCUT2D eigenvalue weighted by Crippen LogP contribution is -2.30. The van der Waals surface area contributed by atoms with Gasteiger partial charge in [0.05, 0.1) is 11.5 Å². The first kappa shape index (κ1) is 18.4. The molecule has 0 atom stereocenters. The summed E-state index contributed by atoms with van der Waals surface area (Å²) >= 11 is 1.61. The maximum absolute atomic E-state index is 12.7. The van der Waals surface area contributed by atoms with Gasteiger partial charge in [0.15, 0.2) is 0 Å². The molecule has 26 heavy (non-hydrogen) atoms. The minimum absolute atomic E-state index is 0.0125. The average molecular weight is 373 g/mol. The zero-order chi connectivity index (χ0) is 18.7. The van der Waals surface area contributed by atoms with Crippen molar-refractivity contribution in [3.05, 3.63) is 55.8 Å². The van der Waals surface area contributed by atoms with Crippen LogP contribution in [-0.4, -0.2) is 35.9 Å². The van der Waals surface area contributed by atoms with Crippen molar-refractivity contribution in [2.75, 3.05) is 25.0 Å². The van der Waals surface area contributed by atoms with Crippen LogP contribution in [0.2, 0.25) is 0 Å². The van der Waals surface area contributed by atoms with Crippen molar-refractivity contribution in [2.24, 2.45) is 0 Å². The molecule has 7 heteroatoms. The third kappa shape index (κ3) is 3.88. The van der Waals surface area contributed by atoms with Crippen molar-refractivity contribution in [1.29, 1.82) is 0 Å². The van der Waals surface area contributed by atoms with Crippen LogP contribution in [0.4, 0.5) is 11.4 Å². The summed E-state index contributed by atoms with van der Waals surface area (Å²) in [5.41, 5.74) is 2.14. The van der Waals surface area contributed by atoms with Crippen LogP contribution in [0.5, 0.6) is 0 Å². The van der Waals surface area contributed by atoms with E-state index in [1.54, 1.807) is 35.4 Å². The number of amides is 1. The van der Waals surface area contributed by atoms with Crippen molar-refractivity contribution < 1.29 is 9.72 Å². The quantitative estimate of drug-likeness (QED) is 0.581. The van der Waals surface area contributed by atoms with Gasteiger partial charge in [0.1, 0.15) is 5.69 Å². The Morgan fingerprint density at radius 2 is 2.00 bits per heavy atom. The Balaban J connectivity index is 1.83. The number of carbonyl (C=O) groups is 1. The Morgan fingerprint density at radius 3 is 2.62 bits per heavy atom. The average Bonchev–Trinajstić information content (AvgIpc) is 3.05. The number of rotatable bonds is 5. The normalized spacial score (nSPS) is 14.3. The maximum atomic E-state index is 12.7. The number of hydrogen-bond acceptors (Lipinski definition) is 5. The number of nitro groups is 1. The van der Waals surface area contributed by atoms with E-state index in [1.165, 1.54) is 6.07 Å². The SMILES string of the molecule is Cc1ccsc1CN(C)C(=O)c1ccc(N2CCCCC2)c([N+](=O)[O-])c1. The number of aryl methyl sites for hydroxylation is 1. The Labute approximate surface area is 157 Å². The predicted molar refractivity (Wildman–Crippen MR) is 104 cm³/mol. The third-order valence-corrected chi connectivity index (χ3v) is 5.82. The summed E-state index contributed by atoms with van der Waals surface area (Å²) in [6.45, 7) is 4.17. The van der Waals surface area contributed by atoms with Gasteiger partial charge >= 0.3 is 0 Å². The highest BCUT2D eigenvalue weighted by atomic mass is 32.1. The lowest BCUT2D eigenvalue weighted by Gasteiger charge is -2.28. The van der Waals surface area contributed by atoms with Gasteiger partial charge in [-0.3, -0.25) is 14.9 Å². The van der Waals surface area contributed by atoms with E-state index in [4.69, 9.17) is 0 Å². The van der Waals surface area contributed by atoms with Gasteiger partial charge in [-0.1, -0.05) is 0 Å². The molecular weight excluding hydrogens is 350 g/mol. The van der Waals surface area contributed by atoms with E-state index < -0.39 is 0 Å². The molecule has 2 aromatic rings. The Hall–Kier alpha value is -2.41. The lowest BCUT2D eigenvalue weighted by atomic mass is 10.1. The monoisotopic (exact) mass is 373 g/mol. The molecule has 3 rings (SSSR count).